The van der Waals surface area contributed by atoms with Crippen molar-refractivity contribution in [2.75, 3.05) is 0 Å². The average molecular weight is 315 g/mol. The third-order valence-electron chi connectivity index (χ3n) is 3.04. The van der Waals surface area contributed by atoms with Gasteiger partial charge in [-0.1, -0.05) is 46.3 Å². The van der Waals surface area contributed by atoms with Crippen LogP contribution in [0.1, 0.15) is 5.56 Å². The van der Waals surface area contributed by atoms with Crippen molar-refractivity contribution in [3.63, 3.8) is 0 Å². The predicted octanol–water partition coefficient (Wildman–Crippen LogP) is 3.21. The Labute approximate surface area is 118 Å². The lowest BCUT2D eigenvalue weighted by atomic mass is 10.2. The first kappa shape index (κ1) is 12.1. The zero-order valence-corrected chi connectivity index (χ0v) is 11.7. The number of halogens is 1. The van der Waals surface area contributed by atoms with E-state index in [9.17, 15) is 4.79 Å². The highest BCUT2D eigenvalue weighted by Gasteiger charge is 2.05. The molecule has 3 nitrogen and oxygen atoms in total. The molecule has 0 saturated heterocycles. The quantitative estimate of drug-likeness (QED) is 0.728. The molecule has 0 aliphatic rings. The Balaban J connectivity index is 2.14. The van der Waals surface area contributed by atoms with Crippen LogP contribution in [0.4, 0.5) is 0 Å². The molecule has 3 aromatic rings. The van der Waals surface area contributed by atoms with Gasteiger partial charge < -0.3 is 0 Å². The maximum Gasteiger partial charge on any atom is 0.207 e. The van der Waals surface area contributed by atoms with Gasteiger partial charge in [0.1, 0.15) is 0 Å². The first-order valence-electron chi connectivity index (χ1n) is 5.94. The Bertz CT molecular complexity index is 795. The van der Waals surface area contributed by atoms with E-state index in [0.717, 1.165) is 15.6 Å². The summed E-state index contributed by atoms with van der Waals surface area (Å²) < 4.78 is 2.89. The maximum absolute atomic E-state index is 11.8. The first-order valence-corrected chi connectivity index (χ1v) is 6.73. The normalized spacial score (nSPS) is 10.8. The summed E-state index contributed by atoms with van der Waals surface area (Å²) in [7, 11) is 0. The van der Waals surface area contributed by atoms with Crippen molar-refractivity contribution in [2.24, 2.45) is 0 Å². The second kappa shape index (κ2) is 4.97. The summed E-state index contributed by atoms with van der Waals surface area (Å²) in [6, 6.07) is 15.5. The van der Waals surface area contributed by atoms with E-state index in [-0.39, 0.29) is 5.43 Å². The van der Waals surface area contributed by atoms with Gasteiger partial charge in [-0.15, -0.1) is 0 Å². The molecule has 0 fully saturated rings. The maximum atomic E-state index is 11.8. The lowest BCUT2D eigenvalue weighted by Crippen LogP contribution is -2.13. The van der Waals surface area contributed by atoms with Crippen molar-refractivity contribution < 1.29 is 0 Å². The zero-order chi connectivity index (χ0) is 13.2. The van der Waals surface area contributed by atoms with Crippen molar-refractivity contribution in [3.8, 4) is 0 Å². The van der Waals surface area contributed by atoms with Gasteiger partial charge in [0, 0.05) is 9.86 Å². The van der Waals surface area contributed by atoms with Crippen molar-refractivity contribution in [1.82, 2.24) is 9.78 Å². The van der Waals surface area contributed by atoms with Crippen LogP contribution in [0.3, 0.4) is 0 Å². The van der Waals surface area contributed by atoms with E-state index in [1.165, 1.54) is 6.20 Å². The minimum atomic E-state index is -0.0426. The van der Waals surface area contributed by atoms with E-state index in [0.29, 0.717) is 11.9 Å². The highest BCUT2D eigenvalue weighted by molar-refractivity contribution is 9.10. The lowest BCUT2D eigenvalue weighted by molar-refractivity contribution is 0.693. The van der Waals surface area contributed by atoms with Crippen LogP contribution in [-0.4, -0.2) is 9.78 Å². The Morgan fingerprint density at radius 1 is 1.05 bits per heavy atom. The molecule has 0 bridgehead atoms. The van der Waals surface area contributed by atoms with Crippen molar-refractivity contribution >= 4 is 26.8 Å². The van der Waals surface area contributed by atoms with Gasteiger partial charge in [0.15, 0.2) is 0 Å². The Morgan fingerprint density at radius 3 is 2.63 bits per heavy atom. The minimum absolute atomic E-state index is 0.0426. The number of hydrogen-bond donors (Lipinski definition) is 0. The molecule has 3 rings (SSSR count). The van der Waals surface area contributed by atoms with Gasteiger partial charge in [0.25, 0.3) is 0 Å². The molecule has 0 aliphatic heterocycles. The van der Waals surface area contributed by atoms with Crippen LogP contribution in [-0.2, 0) is 6.54 Å². The zero-order valence-electron chi connectivity index (χ0n) is 10.1. The van der Waals surface area contributed by atoms with Gasteiger partial charge in [-0.05, 0) is 23.8 Å². The Hall–Kier alpha value is -1.94. The molecule has 0 aliphatic carbocycles. The number of aromatic nitrogens is 2. The average Bonchev–Trinajstić information content (AvgIpc) is 2.44. The highest BCUT2D eigenvalue weighted by atomic mass is 79.9. The molecular formula is C15H11BrN2O. The van der Waals surface area contributed by atoms with E-state index in [4.69, 9.17) is 0 Å². The van der Waals surface area contributed by atoms with Gasteiger partial charge in [-0.25, -0.2) is 0 Å². The van der Waals surface area contributed by atoms with Crippen molar-refractivity contribution in [2.45, 2.75) is 6.54 Å². The van der Waals surface area contributed by atoms with Gasteiger partial charge in [0.2, 0.25) is 5.43 Å². The number of hydrogen-bond acceptors (Lipinski definition) is 2. The predicted molar refractivity (Wildman–Crippen MR) is 79.2 cm³/mol. The van der Waals surface area contributed by atoms with Crippen LogP contribution in [0.2, 0.25) is 0 Å². The van der Waals surface area contributed by atoms with Crippen molar-refractivity contribution in [1.29, 1.82) is 0 Å². The molecule has 2 aromatic carbocycles. The molecule has 94 valence electrons. The van der Waals surface area contributed by atoms with Gasteiger partial charge in [-0.3, -0.25) is 9.48 Å². The lowest BCUT2D eigenvalue weighted by Gasteiger charge is -2.10. The summed E-state index contributed by atoms with van der Waals surface area (Å²) in [5.74, 6) is 0. The fourth-order valence-corrected chi connectivity index (χ4v) is 2.49. The second-order valence-electron chi connectivity index (χ2n) is 4.28. The molecular weight excluding hydrogens is 304 g/mol. The van der Waals surface area contributed by atoms with Gasteiger partial charge in [0.05, 0.1) is 18.3 Å². The van der Waals surface area contributed by atoms with E-state index < -0.39 is 0 Å². The molecule has 0 unspecified atom stereocenters. The summed E-state index contributed by atoms with van der Waals surface area (Å²) in [5, 5.41) is 4.92. The number of nitrogens with zero attached hydrogens (tertiary/aromatic N) is 2. The van der Waals surface area contributed by atoms with Crippen LogP contribution >= 0.6 is 15.9 Å². The SMILES string of the molecule is O=c1cnn(Cc2ccccc2Br)c2ccccc12. The molecule has 0 amide bonds. The Kier molecular flexibility index (Phi) is 3.17. The molecule has 19 heavy (non-hydrogen) atoms. The molecule has 0 saturated carbocycles. The number of rotatable bonds is 2. The summed E-state index contributed by atoms with van der Waals surface area (Å²) in [4.78, 5) is 11.8. The topological polar surface area (TPSA) is 34.9 Å². The summed E-state index contributed by atoms with van der Waals surface area (Å²) >= 11 is 3.53. The highest BCUT2D eigenvalue weighted by Crippen LogP contribution is 2.18. The number of benzene rings is 2. The summed E-state index contributed by atoms with van der Waals surface area (Å²) in [6.07, 6.45) is 1.37. The largest absolute Gasteiger partial charge is 0.287 e. The molecule has 0 atom stereocenters. The van der Waals surface area contributed by atoms with Crippen molar-refractivity contribution in [3.05, 3.63) is 75.0 Å². The number of fused-ring (bicyclic) bond motifs is 1. The molecule has 4 heteroatoms. The van der Waals surface area contributed by atoms with Crippen LogP contribution in [0.15, 0.2) is 64.0 Å². The molecule has 0 radical (unpaired) electrons. The fourth-order valence-electron chi connectivity index (χ4n) is 2.07. The van der Waals surface area contributed by atoms with E-state index >= 15 is 0 Å². The van der Waals surface area contributed by atoms with E-state index in [1.807, 2.05) is 53.2 Å². The Morgan fingerprint density at radius 2 is 1.79 bits per heavy atom. The van der Waals surface area contributed by atoms with Crippen LogP contribution in [0, 0.1) is 0 Å². The molecule has 0 N–H and O–H groups in total. The van der Waals surface area contributed by atoms with Gasteiger partial charge >= 0.3 is 0 Å². The van der Waals surface area contributed by atoms with E-state index in [2.05, 4.69) is 21.0 Å². The third kappa shape index (κ3) is 2.31. The molecule has 1 aromatic heterocycles. The van der Waals surface area contributed by atoms with Crippen LogP contribution < -0.4 is 5.43 Å². The fraction of sp³-hybridized carbons (Fsp3) is 0.0667. The standard InChI is InChI=1S/C15H11BrN2O/c16-13-7-3-1-5-11(13)10-18-14-8-4-2-6-12(14)15(19)9-17-18/h1-9H,10H2. The first-order chi connectivity index (χ1) is 9.25. The minimum Gasteiger partial charge on any atom is -0.287 e. The second-order valence-corrected chi connectivity index (χ2v) is 5.13. The number of para-hydroxylation sites is 1. The van der Waals surface area contributed by atoms with Gasteiger partial charge in [-0.2, -0.15) is 5.10 Å². The summed E-state index contributed by atoms with van der Waals surface area (Å²) in [6.45, 7) is 0.627. The van der Waals surface area contributed by atoms with Crippen LogP contribution in [0.25, 0.3) is 10.9 Å². The summed E-state index contributed by atoms with van der Waals surface area (Å²) in [5.41, 5.74) is 1.94. The monoisotopic (exact) mass is 314 g/mol. The van der Waals surface area contributed by atoms with Crippen LogP contribution in [0.5, 0.6) is 0 Å². The molecule has 0 spiro atoms. The third-order valence-corrected chi connectivity index (χ3v) is 3.81. The smallest absolute Gasteiger partial charge is 0.207 e. The molecule has 1 heterocycles. The van der Waals surface area contributed by atoms with E-state index in [1.54, 1.807) is 0 Å².